The molecule has 1 atom stereocenters. The molecule has 0 aromatic heterocycles. The van der Waals surface area contributed by atoms with Gasteiger partial charge in [0.1, 0.15) is 5.69 Å². The molecule has 4 nitrogen and oxygen atoms in total. The Morgan fingerprint density at radius 1 is 1.14 bits per heavy atom. The third-order valence-corrected chi connectivity index (χ3v) is 3.19. The van der Waals surface area contributed by atoms with Crippen LogP contribution in [0.15, 0.2) is 48.5 Å². The van der Waals surface area contributed by atoms with E-state index in [4.69, 9.17) is 0 Å². The number of para-hydroxylation sites is 2. The van der Waals surface area contributed by atoms with Gasteiger partial charge in [-0.05, 0) is 30.7 Å². The average Bonchev–Trinajstić information content (AvgIpc) is 2.47. The second-order valence-corrected chi connectivity index (χ2v) is 4.76. The summed E-state index contributed by atoms with van der Waals surface area (Å²) in [6.45, 7) is 1.65. The number of rotatable bonds is 4. The topological polar surface area (TPSA) is 55.2 Å². The van der Waals surface area contributed by atoms with E-state index in [1.165, 1.54) is 24.3 Å². The molecule has 22 heavy (non-hydrogen) atoms. The number of nitro groups is 1. The molecule has 2 aromatic carbocycles. The van der Waals surface area contributed by atoms with E-state index in [-0.39, 0.29) is 11.4 Å². The van der Waals surface area contributed by atoms with Gasteiger partial charge in [0.25, 0.3) is 5.69 Å². The molecule has 0 spiro atoms. The van der Waals surface area contributed by atoms with Gasteiger partial charge in [-0.25, -0.2) is 0 Å². The van der Waals surface area contributed by atoms with E-state index in [0.717, 1.165) is 12.1 Å². The van der Waals surface area contributed by atoms with E-state index in [9.17, 15) is 23.3 Å². The van der Waals surface area contributed by atoms with Gasteiger partial charge in [0.15, 0.2) is 0 Å². The Bertz CT molecular complexity index is 686. The first kappa shape index (κ1) is 15.8. The normalized spacial score (nSPS) is 12.7. The van der Waals surface area contributed by atoms with E-state index in [2.05, 4.69) is 5.32 Å². The molecule has 2 rings (SSSR count). The van der Waals surface area contributed by atoms with Crippen molar-refractivity contribution < 1.29 is 18.1 Å². The van der Waals surface area contributed by atoms with Crippen LogP contribution in [-0.4, -0.2) is 4.92 Å². The van der Waals surface area contributed by atoms with Crippen LogP contribution in [-0.2, 0) is 6.18 Å². The summed E-state index contributed by atoms with van der Waals surface area (Å²) in [5.74, 6) is 0. The first-order chi connectivity index (χ1) is 10.3. The summed E-state index contributed by atoms with van der Waals surface area (Å²) in [6, 6.07) is 10.4. The smallest absolute Gasteiger partial charge is 0.373 e. The SMILES string of the molecule is CC(Nc1ccccc1[N+](=O)[O-])c1cccc(C(F)(F)F)c1. The van der Waals surface area contributed by atoms with Crippen LogP contribution < -0.4 is 5.32 Å². The molecule has 0 aliphatic rings. The zero-order chi connectivity index (χ0) is 16.3. The third kappa shape index (κ3) is 3.55. The van der Waals surface area contributed by atoms with Crippen LogP contribution in [0.1, 0.15) is 24.1 Å². The number of alkyl halides is 3. The molecular weight excluding hydrogens is 297 g/mol. The fourth-order valence-electron chi connectivity index (χ4n) is 2.06. The van der Waals surface area contributed by atoms with E-state index in [0.29, 0.717) is 5.56 Å². The van der Waals surface area contributed by atoms with Crippen molar-refractivity contribution in [3.05, 3.63) is 69.8 Å². The van der Waals surface area contributed by atoms with Gasteiger partial charge in [-0.2, -0.15) is 13.2 Å². The van der Waals surface area contributed by atoms with Gasteiger partial charge in [0, 0.05) is 12.1 Å². The van der Waals surface area contributed by atoms with Crippen molar-refractivity contribution in [3.8, 4) is 0 Å². The largest absolute Gasteiger partial charge is 0.416 e. The standard InChI is InChI=1S/C15H13F3N2O2/c1-10(11-5-4-6-12(9-11)15(16,17)18)19-13-7-2-3-8-14(13)20(21)22/h2-10,19H,1H3. The van der Waals surface area contributed by atoms with Crippen LogP contribution in [0.25, 0.3) is 0 Å². The Kier molecular flexibility index (Phi) is 4.35. The Balaban J connectivity index is 2.27. The molecule has 0 saturated carbocycles. The predicted octanol–water partition coefficient (Wildman–Crippen LogP) is 4.79. The highest BCUT2D eigenvalue weighted by Gasteiger charge is 2.30. The van der Waals surface area contributed by atoms with Gasteiger partial charge >= 0.3 is 6.18 Å². The third-order valence-electron chi connectivity index (χ3n) is 3.19. The van der Waals surface area contributed by atoms with Crippen LogP contribution in [0.2, 0.25) is 0 Å². The molecule has 0 saturated heterocycles. The number of anilines is 1. The first-order valence-electron chi connectivity index (χ1n) is 6.46. The maximum Gasteiger partial charge on any atom is 0.416 e. The average molecular weight is 310 g/mol. The monoisotopic (exact) mass is 310 g/mol. The summed E-state index contributed by atoms with van der Waals surface area (Å²) < 4.78 is 38.2. The van der Waals surface area contributed by atoms with Crippen molar-refractivity contribution in [2.75, 3.05) is 5.32 Å². The number of halogens is 3. The van der Waals surface area contributed by atoms with Crippen LogP contribution in [0.4, 0.5) is 24.5 Å². The van der Waals surface area contributed by atoms with Gasteiger partial charge in [0.05, 0.1) is 10.5 Å². The minimum Gasteiger partial charge on any atom is -0.373 e. The first-order valence-corrected chi connectivity index (χ1v) is 6.46. The fraction of sp³-hybridized carbons (Fsp3) is 0.200. The lowest BCUT2D eigenvalue weighted by atomic mass is 10.0. The van der Waals surface area contributed by atoms with Crippen LogP contribution >= 0.6 is 0 Å². The molecule has 0 aliphatic heterocycles. The number of hydrogen-bond acceptors (Lipinski definition) is 3. The second-order valence-electron chi connectivity index (χ2n) is 4.76. The Hall–Kier alpha value is -2.57. The van der Waals surface area contributed by atoms with Gasteiger partial charge in [-0.1, -0.05) is 24.3 Å². The van der Waals surface area contributed by atoms with Gasteiger partial charge in [-0.15, -0.1) is 0 Å². The molecule has 1 unspecified atom stereocenters. The quantitative estimate of drug-likeness (QED) is 0.652. The molecule has 0 aliphatic carbocycles. The van der Waals surface area contributed by atoms with Crippen LogP contribution in [0.3, 0.4) is 0 Å². The van der Waals surface area contributed by atoms with Gasteiger partial charge < -0.3 is 5.32 Å². The van der Waals surface area contributed by atoms with E-state index >= 15 is 0 Å². The molecule has 0 bridgehead atoms. The molecule has 7 heteroatoms. The molecule has 0 amide bonds. The summed E-state index contributed by atoms with van der Waals surface area (Å²) >= 11 is 0. The van der Waals surface area contributed by atoms with Crippen molar-refractivity contribution in [2.45, 2.75) is 19.1 Å². The van der Waals surface area contributed by atoms with Crippen molar-refractivity contribution >= 4 is 11.4 Å². The summed E-state index contributed by atoms with van der Waals surface area (Å²) in [5, 5.41) is 13.8. The fourth-order valence-corrected chi connectivity index (χ4v) is 2.06. The number of nitrogens with one attached hydrogen (secondary N) is 1. The lowest BCUT2D eigenvalue weighted by Crippen LogP contribution is -2.11. The molecule has 0 radical (unpaired) electrons. The van der Waals surface area contributed by atoms with E-state index in [1.807, 2.05) is 0 Å². The Morgan fingerprint density at radius 3 is 2.45 bits per heavy atom. The molecule has 2 aromatic rings. The zero-order valence-corrected chi connectivity index (χ0v) is 11.6. The Labute approximate surface area is 124 Å². The Morgan fingerprint density at radius 2 is 1.82 bits per heavy atom. The number of hydrogen-bond donors (Lipinski definition) is 1. The number of benzene rings is 2. The van der Waals surface area contributed by atoms with Crippen LogP contribution in [0.5, 0.6) is 0 Å². The number of nitrogens with zero attached hydrogens (tertiary/aromatic N) is 1. The van der Waals surface area contributed by atoms with Crippen LogP contribution in [0, 0.1) is 10.1 Å². The highest BCUT2D eigenvalue weighted by molar-refractivity contribution is 5.62. The summed E-state index contributed by atoms with van der Waals surface area (Å²) in [5.41, 5.74) is -0.215. The lowest BCUT2D eigenvalue weighted by molar-refractivity contribution is -0.384. The minimum atomic E-state index is -4.42. The highest BCUT2D eigenvalue weighted by Crippen LogP contribution is 2.32. The predicted molar refractivity (Wildman–Crippen MR) is 76.6 cm³/mol. The molecule has 0 fully saturated rings. The summed E-state index contributed by atoms with van der Waals surface area (Å²) in [7, 11) is 0. The zero-order valence-electron chi connectivity index (χ0n) is 11.6. The summed E-state index contributed by atoms with van der Waals surface area (Å²) in [6.07, 6.45) is -4.42. The minimum absolute atomic E-state index is 0.124. The molecule has 1 N–H and O–H groups in total. The van der Waals surface area contributed by atoms with Crippen molar-refractivity contribution in [2.24, 2.45) is 0 Å². The lowest BCUT2D eigenvalue weighted by Gasteiger charge is -2.17. The highest BCUT2D eigenvalue weighted by atomic mass is 19.4. The maximum atomic E-state index is 12.7. The molecule has 0 heterocycles. The summed E-state index contributed by atoms with van der Waals surface area (Å²) in [4.78, 5) is 10.4. The van der Waals surface area contributed by atoms with Crippen molar-refractivity contribution in [1.82, 2.24) is 0 Å². The number of nitro benzene ring substituents is 1. The van der Waals surface area contributed by atoms with E-state index < -0.39 is 22.7 Å². The maximum absolute atomic E-state index is 12.7. The molecule has 116 valence electrons. The van der Waals surface area contributed by atoms with Crippen molar-refractivity contribution in [3.63, 3.8) is 0 Å². The molecular formula is C15H13F3N2O2. The van der Waals surface area contributed by atoms with E-state index in [1.54, 1.807) is 19.1 Å². The van der Waals surface area contributed by atoms with Gasteiger partial charge in [-0.3, -0.25) is 10.1 Å². The second kappa shape index (κ2) is 6.05. The van der Waals surface area contributed by atoms with Gasteiger partial charge in [0.2, 0.25) is 0 Å². The van der Waals surface area contributed by atoms with Crippen molar-refractivity contribution in [1.29, 1.82) is 0 Å².